The zero-order valence-electron chi connectivity index (χ0n) is 17.8. The van der Waals surface area contributed by atoms with Gasteiger partial charge in [-0.15, -0.1) is 5.10 Å². The summed E-state index contributed by atoms with van der Waals surface area (Å²) in [5, 5.41) is 4.48. The van der Waals surface area contributed by atoms with E-state index in [-0.39, 0.29) is 17.1 Å². The lowest BCUT2D eigenvalue weighted by molar-refractivity contribution is -0.138. The first-order chi connectivity index (χ1) is 14.8. The van der Waals surface area contributed by atoms with E-state index >= 15 is 0 Å². The number of hydrogen-bond donors (Lipinski definition) is 0. The minimum atomic E-state index is -0.318. The molecule has 7 nitrogen and oxygen atoms in total. The fraction of sp³-hybridized carbons (Fsp3) is 0.348. The fourth-order valence-electron chi connectivity index (χ4n) is 3.44. The molecule has 0 radical (unpaired) electrons. The summed E-state index contributed by atoms with van der Waals surface area (Å²) in [6.07, 6.45) is 1.67. The van der Waals surface area contributed by atoms with E-state index in [1.807, 2.05) is 32.9 Å². The van der Waals surface area contributed by atoms with Crippen molar-refractivity contribution in [2.75, 3.05) is 19.7 Å². The second-order valence-corrected chi connectivity index (χ2v) is 8.45. The van der Waals surface area contributed by atoms with Crippen molar-refractivity contribution in [3.8, 4) is 17.1 Å². The molecular weight excluding hydrogens is 399 g/mol. The topological polar surface area (TPSA) is 69.2 Å². The Morgan fingerprint density at radius 1 is 1.13 bits per heavy atom. The summed E-state index contributed by atoms with van der Waals surface area (Å²) in [6, 6.07) is 14.4. The molecule has 2 aliphatic rings. The van der Waals surface area contributed by atoms with Gasteiger partial charge in [0.05, 0.1) is 12.3 Å². The van der Waals surface area contributed by atoms with Crippen LogP contribution in [-0.4, -0.2) is 51.4 Å². The summed E-state index contributed by atoms with van der Waals surface area (Å²) < 4.78 is 25.2. The van der Waals surface area contributed by atoms with Crippen molar-refractivity contribution in [3.05, 3.63) is 66.2 Å². The molecule has 5 rings (SSSR count). The zero-order valence-corrected chi connectivity index (χ0v) is 17.8. The number of carbonyl (C=O) groups is 1. The summed E-state index contributed by atoms with van der Waals surface area (Å²) in [5.41, 5.74) is 2.41. The number of fused-ring (bicyclic) bond motifs is 1. The van der Waals surface area contributed by atoms with Gasteiger partial charge in [-0.05, 0) is 57.2 Å². The summed E-state index contributed by atoms with van der Waals surface area (Å²) >= 11 is 0. The molecule has 0 aliphatic carbocycles. The third kappa shape index (κ3) is 4.65. The first-order valence-electron chi connectivity index (χ1n) is 10.1. The SMILES string of the molecule is CC(C)(C)OC=O.Fc1ccc(-c2ncn(-c3ccc(C45CN4CCO5)cc3)n2)cc1. The summed E-state index contributed by atoms with van der Waals surface area (Å²) in [5.74, 6) is 0.307. The highest BCUT2D eigenvalue weighted by molar-refractivity contribution is 5.54. The third-order valence-electron chi connectivity index (χ3n) is 5.09. The molecule has 0 amide bonds. The first-order valence-corrected chi connectivity index (χ1v) is 10.1. The lowest BCUT2D eigenvalue weighted by atomic mass is 10.1. The molecule has 0 spiro atoms. The summed E-state index contributed by atoms with van der Waals surface area (Å²) in [4.78, 5) is 16.2. The van der Waals surface area contributed by atoms with E-state index in [1.165, 1.54) is 17.7 Å². The minimum Gasteiger partial charge on any atom is -0.462 e. The van der Waals surface area contributed by atoms with Gasteiger partial charge in [0.2, 0.25) is 0 Å². The van der Waals surface area contributed by atoms with Gasteiger partial charge in [-0.2, -0.15) is 0 Å². The van der Waals surface area contributed by atoms with Crippen LogP contribution in [-0.2, 0) is 20.0 Å². The van der Waals surface area contributed by atoms with Gasteiger partial charge < -0.3 is 9.47 Å². The predicted octanol–water partition coefficient (Wildman–Crippen LogP) is 3.53. The normalized spacial score (nSPS) is 21.6. The van der Waals surface area contributed by atoms with E-state index in [2.05, 4.69) is 31.9 Å². The van der Waals surface area contributed by atoms with Gasteiger partial charge in [0, 0.05) is 24.2 Å². The minimum absolute atomic E-state index is 0.180. The summed E-state index contributed by atoms with van der Waals surface area (Å²) in [6.45, 7) is 8.70. The van der Waals surface area contributed by atoms with E-state index in [9.17, 15) is 9.18 Å². The Bertz CT molecular complexity index is 1040. The Kier molecular flexibility index (Phi) is 5.60. The van der Waals surface area contributed by atoms with Crippen LogP contribution in [0.3, 0.4) is 0 Å². The molecule has 3 heterocycles. The van der Waals surface area contributed by atoms with E-state index < -0.39 is 0 Å². The van der Waals surface area contributed by atoms with E-state index in [0.717, 1.165) is 30.9 Å². The van der Waals surface area contributed by atoms with Gasteiger partial charge in [-0.3, -0.25) is 9.69 Å². The largest absolute Gasteiger partial charge is 0.462 e. The molecule has 0 saturated carbocycles. The van der Waals surface area contributed by atoms with Crippen molar-refractivity contribution < 1.29 is 18.7 Å². The number of nitrogens with zero attached hydrogens (tertiary/aromatic N) is 4. The van der Waals surface area contributed by atoms with Crippen LogP contribution >= 0.6 is 0 Å². The summed E-state index contributed by atoms with van der Waals surface area (Å²) in [7, 11) is 0. The molecule has 2 aliphatic heterocycles. The molecule has 31 heavy (non-hydrogen) atoms. The molecule has 3 aromatic rings. The number of ether oxygens (including phenoxy) is 2. The van der Waals surface area contributed by atoms with Crippen LogP contribution in [0.5, 0.6) is 0 Å². The van der Waals surface area contributed by atoms with Gasteiger partial charge in [-0.1, -0.05) is 12.1 Å². The highest BCUT2D eigenvalue weighted by Gasteiger charge is 2.58. The number of morpholine rings is 1. The van der Waals surface area contributed by atoms with Crippen LogP contribution in [0, 0.1) is 5.82 Å². The number of carbonyl (C=O) groups excluding carboxylic acids is 1. The van der Waals surface area contributed by atoms with Gasteiger partial charge in [0.1, 0.15) is 17.7 Å². The quantitative estimate of drug-likeness (QED) is 0.472. The molecule has 2 aromatic carbocycles. The second kappa shape index (κ2) is 8.20. The van der Waals surface area contributed by atoms with Gasteiger partial charge >= 0.3 is 0 Å². The van der Waals surface area contributed by atoms with Crippen molar-refractivity contribution in [3.63, 3.8) is 0 Å². The van der Waals surface area contributed by atoms with Crippen LogP contribution in [0.15, 0.2) is 54.9 Å². The monoisotopic (exact) mass is 424 g/mol. The van der Waals surface area contributed by atoms with Crippen LogP contribution in [0.25, 0.3) is 17.1 Å². The Labute approximate surface area is 180 Å². The maximum atomic E-state index is 13.0. The van der Waals surface area contributed by atoms with Gasteiger partial charge in [-0.25, -0.2) is 14.1 Å². The average molecular weight is 424 g/mol. The molecular formula is C23H25FN4O3. The van der Waals surface area contributed by atoms with Gasteiger partial charge in [0.25, 0.3) is 6.47 Å². The smallest absolute Gasteiger partial charge is 0.293 e. The van der Waals surface area contributed by atoms with Crippen LogP contribution in [0.4, 0.5) is 4.39 Å². The van der Waals surface area contributed by atoms with Crippen molar-refractivity contribution >= 4 is 6.47 Å². The van der Waals surface area contributed by atoms with E-state index in [4.69, 9.17) is 4.74 Å². The highest BCUT2D eigenvalue weighted by atomic mass is 19.1. The van der Waals surface area contributed by atoms with E-state index in [1.54, 1.807) is 23.1 Å². The average Bonchev–Trinajstić information content (AvgIpc) is 3.07. The first kappa shape index (κ1) is 21.1. The lowest BCUT2D eigenvalue weighted by Gasteiger charge is -2.14. The number of rotatable bonds is 4. The molecule has 8 heteroatoms. The van der Waals surface area contributed by atoms with Crippen LogP contribution < -0.4 is 0 Å². The van der Waals surface area contributed by atoms with Crippen molar-refractivity contribution in [1.82, 2.24) is 19.7 Å². The highest BCUT2D eigenvalue weighted by Crippen LogP contribution is 2.47. The maximum absolute atomic E-state index is 13.0. The molecule has 2 atom stereocenters. The second-order valence-electron chi connectivity index (χ2n) is 8.45. The molecule has 1 aromatic heterocycles. The maximum Gasteiger partial charge on any atom is 0.293 e. The Hall–Kier alpha value is -3.10. The molecule has 2 unspecified atom stereocenters. The van der Waals surface area contributed by atoms with Crippen molar-refractivity contribution in [1.29, 1.82) is 0 Å². The van der Waals surface area contributed by atoms with Crippen LogP contribution in [0.1, 0.15) is 26.3 Å². The molecule has 0 N–H and O–H groups in total. The fourth-order valence-corrected chi connectivity index (χ4v) is 3.44. The standard InChI is InChI=1S/C18H15FN4O.C5H10O2/c19-15-5-1-13(2-6-15)17-20-12-23(21-17)16-7-3-14(4-8-16)18-11-22(18)9-10-24-18;1-5(2,3)7-4-6/h1-8,12H,9-11H2;4H,1-3H3. The zero-order chi connectivity index (χ0) is 22.1. The van der Waals surface area contributed by atoms with E-state index in [0.29, 0.717) is 12.3 Å². The molecule has 162 valence electrons. The number of halogens is 1. The molecule has 0 bridgehead atoms. The molecule has 2 fully saturated rings. The van der Waals surface area contributed by atoms with Crippen LogP contribution in [0.2, 0.25) is 0 Å². The Morgan fingerprint density at radius 3 is 2.35 bits per heavy atom. The van der Waals surface area contributed by atoms with Crippen molar-refractivity contribution in [2.24, 2.45) is 0 Å². The number of hydrogen-bond acceptors (Lipinski definition) is 6. The molecule has 2 saturated heterocycles. The Morgan fingerprint density at radius 2 is 1.84 bits per heavy atom. The van der Waals surface area contributed by atoms with Crippen molar-refractivity contribution in [2.45, 2.75) is 32.1 Å². The predicted molar refractivity (Wildman–Crippen MR) is 113 cm³/mol. The lowest BCUT2D eigenvalue weighted by Crippen LogP contribution is -2.17. The number of benzene rings is 2. The number of aromatic nitrogens is 3. The Balaban J connectivity index is 0.000000289. The third-order valence-corrected chi connectivity index (χ3v) is 5.09. The van der Waals surface area contributed by atoms with Gasteiger partial charge in [0.15, 0.2) is 11.5 Å².